The van der Waals surface area contributed by atoms with Gasteiger partial charge in [-0.15, -0.1) is 0 Å². The van der Waals surface area contributed by atoms with E-state index in [1.807, 2.05) is 0 Å². The molecule has 1 atom stereocenters. The second kappa shape index (κ2) is 9.87. The summed E-state index contributed by atoms with van der Waals surface area (Å²) in [6.07, 6.45) is 0.328. The standard InChI is InChI=1S/C5H11N3O2.C3H7NO2/c6-3(5(8)10)1-2-4(7)9;1-4-2-3(5)6/h3H,1-2,6H2,(H2,7,9)(H2,8,10);4H,2H2,1H3,(H,5,6)/t3-;/m0./s1. The Hall–Kier alpha value is -1.67. The third-order valence-electron chi connectivity index (χ3n) is 1.40. The van der Waals surface area contributed by atoms with Gasteiger partial charge in [0, 0.05) is 6.42 Å². The van der Waals surface area contributed by atoms with Crippen LogP contribution in [-0.2, 0) is 14.4 Å². The molecule has 0 fully saturated rings. The average Bonchev–Trinajstić information content (AvgIpc) is 2.14. The molecule has 0 spiro atoms. The first-order chi connectivity index (χ1) is 7.31. The maximum atomic E-state index is 10.3. The van der Waals surface area contributed by atoms with Gasteiger partial charge < -0.3 is 27.6 Å². The Morgan fingerprint density at radius 3 is 2.00 bits per heavy atom. The van der Waals surface area contributed by atoms with Gasteiger partial charge in [-0.1, -0.05) is 0 Å². The van der Waals surface area contributed by atoms with Crippen LogP contribution in [0.1, 0.15) is 12.8 Å². The number of hydrogen-bond donors (Lipinski definition) is 5. The van der Waals surface area contributed by atoms with E-state index in [4.69, 9.17) is 22.3 Å². The molecule has 0 aliphatic rings. The summed E-state index contributed by atoms with van der Waals surface area (Å²) in [5, 5.41) is 10.3. The Balaban J connectivity index is 0. The van der Waals surface area contributed by atoms with Crippen molar-refractivity contribution in [2.75, 3.05) is 13.6 Å². The van der Waals surface area contributed by atoms with Gasteiger partial charge >= 0.3 is 5.97 Å². The van der Waals surface area contributed by atoms with Crippen molar-refractivity contribution in [1.29, 1.82) is 0 Å². The molecule has 0 rings (SSSR count). The van der Waals surface area contributed by atoms with E-state index in [0.29, 0.717) is 0 Å². The van der Waals surface area contributed by atoms with Gasteiger partial charge in [-0.25, -0.2) is 0 Å². The zero-order valence-corrected chi connectivity index (χ0v) is 9.10. The summed E-state index contributed by atoms with van der Waals surface area (Å²) in [6, 6.07) is -0.757. The highest BCUT2D eigenvalue weighted by molar-refractivity contribution is 5.81. The van der Waals surface area contributed by atoms with Gasteiger partial charge in [-0.3, -0.25) is 14.4 Å². The Labute approximate surface area is 93.1 Å². The fourth-order valence-corrected chi connectivity index (χ4v) is 0.591. The first kappa shape index (κ1) is 16.7. The summed E-state index contributed by atoms with van der Waals surface area (Å²) >= 11 is 0. The molecule has 8 heteroatoms. The van der Waals surface area contributed by atoms with Crippen LogP contribution in [0.15, 0.2) is 0 Å². The third-order valence-corrected chi connectivity index (χ3v) is 1.40. The largest absolute Gasteiger partial charge is 0.480 e. The minimum absolute atomic E-state index is 0.0417. The second-order valence-electron chi connectivity index (χ2n) is 2.94. The molecule has 0 heterocycles. The fraction of sp³-hybridized carbons (Fsp3) is 0.625. The zero-order chi connectivity index (χ0) is 13.1. The molecule has 0 radical (unpaired) electrons. The maximum Gasteiger partial charge on any atom is 0.317 e. The van der Waals surface area contributed by atoms with Crippen molar-refractivity contribution in [1.82, 2.24) is 5.32 Å². The maximum absolute atomic E-state index is 10.3. The molecule has 2 amide bonds. The van der Waals surface area contributed by atoms with Crippen molar-refractivity contribution in [2.45, 2.75) is 18.9 Å². The van der Waals surface area contributed by atoms with Crippen molar-refractivity contribution in [2.24, 2.45) is 17.2 Å². The summed E-state index contributed by atoms with van der Waals surface area (Å²) in [5.41, 5.74) is 14.8. The van der Waals surface area contributed by atoms with Crippen LogP contribution in [0.3, 0.4) is 0 Å². The van der Waals surface area contributed by atoms with E-state index in [0.717, 1.165) is 0 Å². The molecule has 94 valence electrons. The highest BCUT2D eigenvalue weighted by atomic mass is 16.4. The minimum Gasteiger partial charge on any atom is -0.480 e. The Kier molecular flexibility index (Phi) is 10.3. The van der Waals surface area contributed by atoms with Crippen molar-refractivity contribution in [3.05, 3.63) is 0 Å². The first-order valence-electron chi connectivity index (χ1n) is 4.50. The van der Waals surface area contributed by atoms with Gasteiger partial charge in [0.2, 0.25) is 11.8 Å². The van der Waals surface area contributed by atoms with Gasteiger partial charge in [0.1, 0.15) is 0 Å². The molecule has 8 nitrogen and oxygen atoms in total. The normalized spacial score (nSPS) is 10.9. The summed E-state index contributed by atoms with van der Waals surface area (Å²) in [5.74, 6) is -1.91. The van der Waals surface area contributed by atoms with Crippen LogP contribution in [0, 0.1) is 0 Å². The van der Waals surface area contributed by atoms with Gasteiger partial charge in [0.05, 0.1) is 12.6 Å². The van der Waals surface area contributed by atoms with Crippen LogP contribution in [0.25, 0.3) is 0 Å². The number of nitrogens with one attached hydrogen (secondary N) is 1. The number of hydrogen-bond acceptors (Lipinski definition) is 5. The fourth-order valence-electron chi connectivity index (χ4n) is 0.591. The molecular weight excluding hydrogens is 216 g/mol. The number of carbonyl (C=O) groups is 3. The Bertz CT molecular complexity index is 244. The van der Waals surface area contributed by atoms with E-state index in [9.17, 15) is 14.4 Å². The molecule has 0 saturated heterocycles. The molecule has 8 N–H and O–H groups in total. The van der Waals surface area contributed by atoms with Crippen LogP contribution in [0.2, 0.25) is 0 Å². The first-order valence-corrected chi connectivity index (χ1v) is 4.50. The lowest BCUT2D eigenvalue weighted by Crippen LogP contribution is -2.37. The van der Waals surface area contributed by atoms with Crippen molar-refractivity contribution in [3.8, 4) is 0 Å². The average molecular weight is 234 g/mol. The topological polar surface area (TPSA) is 162 Å². The van der Waals surface area contributed by atoms with Crippen molar-refractivity contribution >= 4 is 17.8 Å². The SMILES string of the molecule is CNCC(=O)O.NC(=O)CC[C@H](N)C(N)=O. The summed E-state index contributed by atoms with van der Waals surface area (Å²) < 4.78 is 0. The predicted molar refractivity (Wildman–Crippen MR) is 57.2 cm³/mol. The molecule has 0 aromatic rings. The number of amides is 2. The van der Waals surface area contributed by atoms with E-state index >= 15 is 0 Å². The predicted octanol–water partition coefficient (Wildman–Crippen LogP) is -2.65. The molecule has 16 heavy (non-hydrogen) atoms. The van der Waals surface area contributed by atoms with Gasteiger partial charge in [-0.05, 0) is 13.5 Å². The van der Waals surface area contributed by atoms with E-state index in [-0.39, 0.29) is 19.4 Å². The van der Waals surface area contributed by atoms with Gasteiger partial charge in [0.25, 0.3) is 0 Å². The number of carbonyl (C=O) groups excluding carboxylic acids is 2. The third kappa shape index (κ3) is 14.8. The number of rotatable bonds is 6. The summed E-state index contributed by atoms with van der Waals surface area (Å²) in [7, 11) is 1.59. The van der Waals surface area contributed by atoms with E-state index in [1.54, 1.807) is 7.05 Å². The Morgan fingerprint density at radius 2 is 1.81 bits per heavy atom. The van der Waals surface area contributed by atoms with Crippen molar-refractivity contribution in [3.63, 3.8) is 0 Å². The lowest BCUT2D eigenvalue weighted by Gasteiger charge is -2.03. The van der Waals surface area contributed by atoms with Crippen LogP contribution >= 0.6 is 0 Å². The summed E-state index contributed by atoms with van der Waals surface area (Å²) in [4.78, 5) is 29.9. The molecular formula is C8H18N4O4. The number of carboxylic acid groups (broad SMARTS) is 1. The zero-order valence-electron chi connectivity index (χ0n) is 9.10. The smallest absolute Gasteiger partial charge is 0.317 e. The van der Waals surface area contributed by atoms with Crippen LogP contribution in [-0.4, -0.2) is 42.5 Å². The molecule has 0 aromatic heterocycles. The molecule has 0 aromatic carbocycles. The second-order valence-corrected chi connectivity index (χ2v) is 2.94. The van der Waals surface area contributed by atoms with Gasteiger partial charge in [-0.2, -0.15) is 0 Å². The highest BCUT2D eigenvalue weighted by Gasteiger charge is 2.09. The number of likely N-dealkylation sites (N-methyl/N-ethyl adjacent to an activating group) is 1. The minimum atomic E-state index is -0.822. The van der Waals surface area contributed by atoms with Crippen LogP contribution < -0.4 is 22.5 Å². The molecule has 0 unspecified atom stereocenters. The quantitative estimate of drug-likeness (QED) is 0.337. The molecule has 0 aliphatic heterocycles. The van der Waals surface area contributed by atoms with E-state index < -0.39 is 23.8 Å². The molecule has 0 aliphatic carbocycles. The van der Waals surface area contributed by atoms with E-state index in [1.165, 1.54) is 0 Å². The number of nitrogens with two attached hydrogens (primary N) is 3. The van der Waals surface area contributed by atoms with E-state index in [2.05, 4.69) is 5.32 Å². The molecule has 0 bridgehead atoms. The number of carboxylic acids is 1. The van der Waals surface area contributed by atoms with Crippen molar-refractivity contribution < 1.29 is 19.5 Å². The highest BCUT2D eigenvalue weighted by Crippen LogP contribution is 1.91. The van der Waals surface area contributed by atoms with Crippen LogP contribution in [0.5, 0.6) is 0 Å². The Morgan fingerprint density at radius 1 is 1.31 bits per heavy atom. The summed E-state index contributed by atoms with van der Waals surface area (Å²) in [6.45, 7) is 0.0417. The number of aliphatic carboxylic acids is 1. The lowest BCUT2D eigenvalue weighted by atomic mass is 10.1. The van der Waals surface area contributed by atoms with Gasteiger partial charge in [0.15, 0.2) is 0 Å². The monoisotopic (exact) mass is 234 g/mol. The lowest BCUT2D eigenvalue weighted by molar-refractivity contribution is -0.135. The van der Waals surface area contributed by atoms with Crippen LogP contribution in [0.4, 0.5) is 0 Å². The number of primary amides is 2. The molecule has 0 saturated carbocycles.